The first kappa shape index (κ1) is 16.3. The third-order valence-electron chi connectivity index (χ3n) is 3.70. The Morgan fingerprint density at radius 3 is 2.62 bits per heavy atom. The molecular formula is C17H17NO5S. The highest BCUT2D eigenvalue weighted by Crippen LogP contribution is 2.34. The van der Waals surface area contributed by atoms with Crippen LogP contribution in [0, 0.1) is 6.92 Å². The minimum Gasteiger partial charge on any atom is -0.493 e. The Hall–Kier alpha value is -2.54. The van der Waals surface area contributed by atoms with Crippen molar-refractivity contribution in [3.63, 3.8) is 0 Å². The number of hydrogen-bond donors (Lipinski definition) is 1. The van der Waals surface area contributed by atoms with Gasteiger partial charge in [0.05, 0.1) is 11.5 Å². The predicted molar refractivity (Wildman–Crippen MR) is 87.3 cm³/mol. The van der Waals surface area contributed by atoms with Crippen molar-refractivity contribution in [2.75, 3.05) is 6.61 Å². The number of carbonyl (C=O) groups excluding carboxylic acids is 1. The fourth-order valence-electron chi connectivity index (χ4n) is 2.47. The largest absolute Gasteiger partial charge is 0.493 e. The molecule has 1 heterocycles. The number of amides is 1. The number of nitrogens with one attached hydrogen (secondary N) is 1. The summed E-state index contributed by atoms with van der Waals surface area (Å²) in [5.74, 6) is 0.642. The number of ether oxygens (including phenoxy) is 2. The van der Waals surface area contributed by atoms with E-state index in [1.165, 1.54) is 12.1 Å². The van der Waals surface area contributed by atoms with Crippen molar-refractivity contribution in [1.29, 1.82) is 0 Å². The lowest BCUT2D eigenvalue weighted by Gasteiger charge is -2.25. The minimum atomic E-state index is -3.96. The van der Waals surface area contributed by atoms with Crippen LogP contribution < -0.4 is 9.46 Å². The summed E-state index contributed by atoms with van der Waals surface area (Å²) < 4.78 is 37.1. The number of aryl methyl sites for hydroxylation is 1. The number of fused-ring (bicyclic) bond motifs is 1. The molecular weight excluding hydrogens is 330 g/mol. The lowest BCUT2D eigenvalue weighted by Crippen LogP contribution is -2.33. The Morgan fingerprint density at radius 2 is 1.88 bits per heavy atom. The third kappa shape index (κ3) is 3.51. The Kier molecular flexibility index (Phi) is 4.44. The van der Waals surface area contributed by atoms with Crippen LogP contribution in [0.15, 0.2) is 53.4 Å². The molecule has 0 aliphatic carbocycles. The van der Waals surface area contributed by atoms with Crippen LogP contribution in [0.5, 0.6) is 5.75 Å². The summed E-state index contributed by atoms with van der Waals surface area (Å²) in [7, 11) is -3.96. The number of carbonyl (C=O) groups is 1. The van der Waals surface area contributed by atoms with Crippen molar-refractivity contribution >= 4 is 16.1 Å². The quantitative estimate of drug-likeness (QED) is 0.923. The van der Waals surface area contributed by atoms with Crippen LogP contribution in [0.2, 0.25) is 0 Å². The van der Waals surface area contributed by atoms with Gasteiger partial charge in [-0.05, 0) is 25.1 Å². The van der Waals surface area contributed by atoms with Crippen LogP contribution >= 0.6 is 0 Å². The molecule has 1 N–H and O–H groups in total. The Bertz CT molecular complexity index is 846. The average Bonchev–Trinajstić information content (AvgIpc) is 2.55. The fourth-order valence-corrected chi connectivity index (χ4v) is 3.35. The molecule has 3 rings (SSSR count). The van der Waals surface area contributed by atoms with Crippen molar-refractivity contribution < 1.29 is 22.7 Å². The topological polar surface area (TPSA) is 81.7 Å². The van der Waals surface area contributed by atoms with Gasteiger partial charge in [0, 0.05) is 12.0 Å². The van der Waals surface area contributed by atoms with E-state index in [1.54, 1.807) is 24.3 Å². The molecule has 2 aromatic carbocycles. The van der Waals surface area contributed by atoms with Gasteiger partial charge in [0.2, 0.25) is 0 Å². The monoisotopic (exact) mass is 347 g/mol. The molecule has 0 radical (unpaired) electrons. The maximum atomic E-state index is 12.2. The first-order valence-electron chi connectivity index (χ1n) is 7.47. The highest BCUT2D eigenvalue weighted by Gasteiger charge is 2.26. The molecule has 6 nitrogen and oxygen atoms in total. The standard InChI is InChI=1S/C17H17NO5S/c1-12-6-8-13(9-7-12)24(20,21)18-17(19)23-16-10-11-22-15-5-3-2-4-14(15)16/h2-9,16H,10-11H2,1H3,(H,18,19). The number of hydrogen-bond acceptors (Lipinski definition) is 5. The molecule has 1 aliphatic rings. The summed E-state index contributed by atoms with van der Waals surface area (Å²) in [5, 5.41) is 0. The summed E-state index contributed by atoms with van der Waals surface area (Å²) >= 11 is 0. The number of benzene rings is 2. The van der Waals surface area contributed by atoms with E-state index in [0.717, 1.165) is 11.1 Å². The lowest BCUT2D eigenvalue weighted by atomic mass is 10.0. The van der Waals surface area contributed by atoms with Gasteiger partial charge in [-0.3, -0.25) is 0 Å². The summed E-state index contributed by atoms with van der Waals surface area (Å²) in [6.07, 6.45) is -1.07. The van der Waals surface area contributed by atoms with E-state index < -0.39 is 22.2 Å². The van der Waals surface area contributed by atoms with Crippen LogP contribution in [-0.2, 0) is 14.8 Å². The molecule has 2 aromatic rings. The van der Waals surface area contributed by atoms with Crippen molar-refractivity contribution in [2.24, 2.45) is 0 Å². The Balaban J connectivity index is 1.71. The highest BCUT2D eigenvalue weighted by atomic mass is 32.2. The lowest BCUT2D eigenvalue weighted by molar-refractivity contribution is 0.0737. The molecule has 1 unspecified atom stereocenters. The van der Waals surface area contributed by atoms with Gasteiger partial charge in [-0.15, -0.1) is 0 Å². The molecule has 0 spiro atoms. The zero-order valence-corrected chi connectivity index (χ0v) is 13.9. The molecule has 0 saturated heterocycles. The van der Waals surface area contributed by atoms with Gasteiger partial charge in [0.25, 0.3) is 10.0 Å². The van der Waals surface area contributed by atoms with Gasteiger partial charge in [0.15, 0.2) is 0 Å². The second kappa shape index (κ2) is 6.52. The second-order valence-corrected chi connectivity index (χ2v) is 7.17. The maximum Gasteiger partial charge on any atom is 0.421 e. The van der Waals surface area contributed by atoms with E-state index >= 15 is 0 Å². The minimum absolute atomic E-state index is 0.0115. The molecule has 1 aliphatic heterocycles. The number of rotatable bonds is 3. The average molecular weight is 347 g/mol. The van der Waals surface area contributed by atoms with Gasteiger partial charge >= 0.3 is 6.09 Å². The van der Waals surface area contributed by atoms with E-state index in [1.807, 2.05) is 23.8 Å². The van der Waals surface area contributed by atoms with Crippen molar-refractivity contribution in [2.45, 2.75) is 24.3 Å². The molecule has 0 saturated carbocycles. The van der Waals surface area contributed by atoms with Crippen molar-refractivity contribution in [1.82, 2.24) is 4.72 Å². The smallest absolute Gasteiger partial charge is 0.421 e. The van der Waals surface area contributed by atoms with Gasteiger partial charge in [-0.2, -0.15) is 0 Å². The highest BCUT2D eigenvalue weighted by molar-refractivity contribution is 7.90. The Labute approximate surface area is 140 Å². The fraction of sp³-hybridized carbons (Fsp3) is 0.235. The van der Waals surface area contributed by atoms with Crippen LogP contribution in [0.4, 0.5) is 4.79 Å². The Morgan fingerprint density at radius 1 is 1.17 bits per heavy atom. The first-order chi connectivity index (χ1) is 11.5. The molecule has 0 bridgehead atoms. The summed E-state index contributed by atoms with van der Waals surface area (Å²) in [4.78, 5) is 12.0. The number of sulfonamides is 1. The van der Waals surface area contributed by atoms with Gasteiger partial charge in [-0.1, -0.05) is 35.9 Å². The van der Waals surface area contributed by atoms with Crippen molar-refractivity contribution in [3.05, 3.63) is 59.7 Å². The molecule has 126 valence electrons. The van der Waals surface area contributed by atoms with E-state index in [0.29, 0.717) is 18.8 Å². The van der Waals surface area contributed by atoms with Crippen LogP contribution in [0.25, 0.3) is 0 Å². The van der Waals surface area contributed by atoms with Gasteiger partial charge in [0.1, 0.15) is 11.9 Å². The van der Waals surface area contributed by atoms with Crippen LogP contribution in [-0.4, -0.2) is 21.1 Å². The molecule has 0 fully saturated rings. The zero-order valence-electron chi connectivity index (χ0n) is 13.1. The maximum absolute atomic E-state index is 12.2. The normalized spacial score (nSPS) is 16.6. The van der Waals surface area contributed by atoms with E-state index in [4.69, 9.17) is 9.47 Å². The third-order valence-corrected chi connectivity index (χ3v) is 5.03. The molecule has 7 heteroatoms. The van der Waals surface area contributed by atoms with Crippen LogP contribution in [0.3, 0.4) is 0 Å². The predicted octanol–water partition coefficient (Wildman–Crippen LogP) is 2.93. The van der Waals surface area contributed by atoms with E-state index in [-0.39, 0.29) is 4.90 Å². The summed E-state index contributed by atoms with van der Waals surface area (Å²) in [6.45, 7) is 2.25. The molecule has 1 atom stereocenters. The van der Waals surface area contributed by atoms with E-state index in [2.05, 4.69) is 0 Å². The van der Waals surface area contributed by atoms with Gasteiger partial charge in [-0.25, -0.2) is 17.9 Å². The van der Waals surface area contributed by atoms with Gasteiger partial charge < -0.3 is 9.47 Å². The first-order valence-corrected chi connectivity index (χ1v) is 8.96. The molecule has 1 amide bonds. The second-order valence-electron chi connectivity index (χ2n) is 5.49. The summed E-state index contributed by atoms with van der Waals surface area (Å²) in [5.41, 5.74) is 1.65. The van der Waals surface area contributed by atoms with Crippen molar-refractivity contribution in [3.8, 4) is 5.75 Å². The zero-order chi connectivity index (χ0) is 17.2. The summed E-state index contributed by atoms with van der Waals surface area (Å²) in [6, 6.07) is 13.4. The SMILES string of the molecule is Cc1ccc(S(=O)(=O)NC(=O)OC2CCOc3ccccc32)cc1. The van der Waals surface area contributed by atoms with E-state index in [9.17, 15) is 13.2 Å². The van der Waals surface area contributed by atoms with Crippen LogP contribution in [0.1, 0.15) is 23.7 Å². The molecule has 0 aromatic heterocycles. The number of para-hydroxylation sites is 1. The molecule has 24 heavy (non-hydrogen) atoms.